The molecule has 7 heteroatoms. The van der Waals surface area contributed by atoms with Gasteiger partial charge in [-0.2, -0.15) is 0 Å². The van der Waals surface area contributed by atoms with Crippen molar-refractivity contribution >= 4 is 29.0 Å². The second kappa shape index (κ2) is 6.94. The molecule has 5 nitrogen and oxygen atoms in total. The van der Waals surface area contributed by atoms with Gasteiger partial charge in [-0.15, -0.1) is 11.3 Å². The zero-order chi connectivity index (χ0) is 15.5. The number of carbonyl (C=O) groups is 1. The van der Waals surface area contributed by atoms with Crippen LogP contribution in [0.25, 0.3) is 0 Å². The lowest BCUT2D eigenvalue weighted by Crippen LogP contribution is -2.43. The van der Waals surface area contributed by atoms with Crippen molar-refractivity contribution in [3.8, 4) is 0 Å². The molecule has 0 aliphatic heterocycles. The second-order valence-corrected chi connectivity index (χ2v) is 8.01. The molecule has 1 amide bonds. The van der Waals surface area contributed by atoms with Gasteiger partial charge in [0, 0.05) is 19.1 Å². The maximum Gasteiger partial charge on any atom is 0.407 e. The average Bonchev–Trinajstić information content (AvgIpc) is 3.10. The molecule has 1 aliphatic carbocycles. The number of alkyl carbamates (subject to hydrolysis) is 1. The van der Waals surface area contributed by atoms with Crippen molar-refractivity contribution in [1.29, 1.82) is 0 Å². The number of aromatic nitrogens is 1. The minimum absolute atomic E-state index is 0.250. The fraction of sp³-hybridized carbons (Fsp3) is 0.714. The highest BCUT2D eigenvalue weighted by molar-refractivity contribution is 7.15. The molecular weight excluding hydrogens is 310 g/mol. The van der Waals surface area contributed by atoms with Crippen LogP contribution < -0.4 is 10.6 Å². The Labute approximate surface area is 134 Å². The van der Waals surface area contributed by atoms with E-state index in [4.69, 9.17) is 16.3 Å². The summed E-state index contributed by atoms with van der Waals surface area (Å²) in [6, 6.07) is 0.250. The Morgan fingerprint density at radius 1 is 1.57 bits per heavy atom. The van der Waals surface area contributed by atoms with E-state index >= 15 is 0 Å². The van der Waals surface area contributed by atoms with E-state index in [1.807, 2.05) is 20.8 Å². The van der Waals surface area contributed by atoms with Gasteiger partial charge >= 0.3 is 6.09 Å². The van der Waals surface area contributed by atoms with Crippen LogP contribution in [0.5, 0.6) is 0 Å². The Balaban J connectivity index is 1.76. The number of amides is 1. The summed E-state index contributed by atoms with van der Waals surface area (Å²) in [5, 5.41) is 7.24. The molecule has 21 heavy (non-hydrogen) atoms. The molecule has 118 valence electrons. The number of nitrogens with one attached hydrogen (secondary N) is 2. The SMILES string of the molecule is CC(C)(C)OC(=O)NCC(NCc1ncc(Cl)s1)C1CC1. The molecule has 1 aliphatic rings. The van der Waals surface area contributed by atoms with Crippen LogP contribution in [0.1, 0.15) is 38.6 Å². The van der Waals surface area contributed by atoms with Crippen molar-refractivity contribution in [2.24, 2.45) is 5.92 Å². The Hall–Kier alpha value is -0.850. The van der Waals surface area contributed by atoms with E-state index in [1.54, 1.807) is 6.20 Å². The van der Waals surface area contributed by atoms with Gasteiger partial charge in [0.1, 0.15) is 14.9 Å². The van der Waals surface area contributed by atoms with E-state index in [1.165, 1.54) is 24.2 Å². The average molecular weight is 332 g/mol. The first-order chi connectivity index (χ1) is 9.83. The quantitative estimate of drug-likeness (QED) is 0.840. The van der Waals surface area contributed by atoms with Crippen LogP contribution in [0, 0.1) is 5.92 Å². The topological polar surface area (TPSA) is 63.2 Å². The number of carbonyl (C=O) groups excluding carboxylic acids is 1. The van der Waals surface area contributed by atoms with Crippen molar-refractivity contribution in [2.75, 3.05) is 6.54 Å². The van der Waals surface area contributed by atoms with Crippen LogP contribution in [-0.2, 0) is 11.3 Å². The third-order valence-corrected chi connectivity index (χ3v) is 4.21. The number of ether oxygens (including phenoxy) is 1. The Morgan fingerprint density at radius 3 is 2.81 bits per heavy atom. The summed E-state index contributed by atoms with van der Waals surface area (Å²) in [5.41, 5.74) is -0.468. The molecule has 1 fully saturated rings. The van der Waals surface area contributed by atoms with Gasteiger partial charge in [-0.3, -0.25) is 0 Å². The summed E-state index contributed by atoms with van der Waals surface area (Å²) < 4.78 is 5.94. The van der Waals surface area contributed by atoms with Gasteiger partial charge < -0.3 is 15.4 Å². The Morgan fingerprint density at radius 2 is 2.29 bits per heavy atom. The second-order valence-electron chi connectivity index (χ2n) is 6.27. The lowest BCUT2D eigenvalue weighted by molar-refractivity contribution is 0.0521. The molecule has 0 spiro atoms. The monoisotopic (exact) mass is 331 g/mol. The molecular formula is C14H22ClN3O2S. The largest absolute Gasteiger partial charge is 0.444 e. The fourth-order valence-electron chi connectivity index (χ4n) is 2.00. The predicted octanol–water partition coefficient (Wildman–Crippen LogP) is 3.19. The summed E-state index contributed by atoms with van der Waals surface area (Å²) in [6.45, 7) is 6.81. The van der Waals surface area contributed by atoms with E-state index in [0.717, 1.165) is 5.01 Å². The van der Waals surface area contributed by atoms with E-state index in [2.05, 4.69) is 15.6 Å². The van der Waals surface area contributed by atoms with E-state index in [9.17, 15) is 4.79 Å². The van der Waals surface area contributed by atoms with Crippen LogP contribution >= 0.6 is 22.9 Å². The lowest BCUT2D eigenvalue weighted by atomic mass is 10.2. The molecule has 0 aromatic carbocycles. The molecule has 0 radical (unpaired) electrons. The molecule has 1 saturated carbocycles. The summed E-state index contributed by atoms with van der Waals surface area (Å²) >= 11 is 7.34. The smallest absolute Gasteiger partial charge is 0.407 e. The molecule has 0 bridgehead atoms. The van der Waals surface area contributed by atoms with Gasteiger partial charge in [-0.05, 0) is 39.5 Å². The molecule has 1 aromatic rings. The maximum absolute atomic E-state index is 11.7. The van der Waals surface area contributed by atoms with Gasteiger partial charge in [0.15, 0.2) is 0 Å². The predicted molar refractivity (Wildman–Crippen MR) is 84.7 cm³/mol. The first kappa shape index (κ1) is 16.5. The summed E-state index contributed by atoms with van der Waals surface area (Å²) in [5.74, 6) is 0.621. The van der Waals surface area contributed by atoms with Crippen LogP contribution in [-0.4, -0.2) is 29.3 Å². The summed E-state index contributed by atoms with van der Waals surface area (Å²) in [4.78, 5) is 15.9. The van der Waals surface area contributed by atoms with Gasteiger partial charge in [0.2, 0.25) is 0 Å². The van der Waals surface area contributed by atoms with Crippen molar-refractivity contribution in [2.45, 2.75) is 51.8 Å². The minimum atomic E-state index is -0.468. The Bertz CT molecular complexity index is 483. The maximum atomic E-state index is 11.7. The molecule has 2 rings (SSSR count). The zero-order valence-corrected chi connectivity index (χ0v) is 14.2. The van der Waals surface area contributed by atoms with Crippen molar-refractivity contribution in [3.63, 3.8) is 0 Å². The number of nitrogens with zero attached hydrogens (tertiary/aromatic N) is 1. The molecule has 0 saturated heterocycles. The summed E-state index contributed by atoms with van der Waals surface area (Å²) in [7, 11) is 0. The molecule has 1 atom stereocenters. The zero-order valence-electron chi connectivity index (χ0n) is 12.6. The van der Waals surface area contributed by atoms with Crippen LogP contribution in [0.4, 0.5) is 4.79 Å². The molecule has 1 unspecified atom stereocenters. The third-order valence-electron chi connectivity index (χ3n) is 3.10. The highest BCUT2D eigenvalue weighted by Crippen LogP contribution is 2.32. The van der Waals surface area contributed by atoms with E-state index in [0.29, 0.717) is 23.3 Å². The first-order valence-electron chi connectivity index (χ1n) is 7.14. The van der Waals surface area contributed by atoms with E-state index < -0.39 is 5.60 Å². The number of rotatable bonds is 6. The molecule has 2 N–H and O–H groups in total. The van der Waals surface area contributed by atoms with Gasteiger partial charge in [-0.1, -0.05) is 11.6 Å². The first-order valence-corrected chi connectivity index (χ1v) is 8.33. The van der Waals surface area contributed by atoms with Gasteiger partial charge in [-0.25, -0.2) is 9.78 Å². The standard InChI is InChI=1S/C14H22ClN3O2S/c1-14(2,3)20-13(19)18-6-10(9-4-5-9)16-8-12-17-7-11(15)21-12/h7,9-10,16H,4-6,8H2,1-3H3,(H,18,19). The summed E-state index contributed by atoms with van der Waals surface area (Å²) in [6.07, 6.45) is 3.69. The minimum Gasteiger partial charge on any atom is -0.444 e. The van der Waals surface area contributed by atoms with Gasteiger partial charge in [0.05, 0.1) is 6.20 Å². The highest BCUT2D eigenvalue weighted by atomic mass is 35.5. The van der Waals surface area contributed by atoms with Crippen molar-refractivity contribution < 1.29 is 9.53 Å². The number of hydrogen-bond donors (Lipinski definition) is 2. The normalized spacial score (nSPS) is 16.6. The number of halogens is 1. The van der Waals surface area contributed by atoms with E-state index in [-0.39, 0.29) is 12.1 Å². The van der Waals surface area contributed by atoms with Crippen molar-refractivity contribution in [1.82, 2.24) is 15.6 Å². The fourth-order valence-corrected chi connectivity index (χ4v) is 2.91. The highest BCUT2D eigenvalue weighted by Gasteiger charge is 2.31. The number of thiazole rings is 1. The lowest BCUT2D eigenvalue weighted by Gasteiger charge is -2.22. The Kier molecular flexibility index (Phi) is 5.46. The molecule has 1 aromatic heterocycles. The van der Waals surface area contributed by atoms with Crippen LogP contribution in [0.15, 0.2) is 6.20 Å². The molecule has 1 heterocycles. The van der Waals surface area contributed by atoms with Gasteiger partial charge in [0.25, 0.3) is 0 Å². The van der Waals surface area contributed by atoms with Crippen LogP contribution in [0.2, 0.25) is 4.34 Å². The third kappa shape index (κ3) is 6.20. The van der Waals surface area contributed by atoms with Crippen LogP contribution in [0.3, 0.4) is 0 Å². The van der Waals surface area contributed by atoms with Crippen molar-refractivity contribution in [3.05, 3.63) is 15.5 Å². The number of hydrogen-bond acceptors (Lipinski definition) is 5.